The first-order valence-electron chi connectivity index (χ1n) is 4.23. The third kappa shape index (κ3) is 1.87. The van der Waals surface area contributed by atoms with Crippen LogP contribution >= 0.6 is 47.8 Å². The highest BCUT2D eigenvalue weighted by Gasteiger charge is 2.42. The first-order chi connectivity index (χ1) is 6.93. The highest BCUT2D eigenvalue weighted by Crippen LogP contribution is 2.58. The molecule has 1 aliphatic rings. The quantitative estimate of drug-likeness (QED) is 0.399. The largest absolute Gasteiger partial charge is 0.274 e. The Morgan fingerprint density at radius 3 is 2.73 bits per heavy atom. The molecule has 0 N–H and O–H groups in total. The Bertz CT molecular complexity index is 433. The van der Waals surface area contributed by atoms with Gasteiger partial charge in [0.1, 0.15) is 3.23 Å². The van der Waals surface area contributed by atoms with Crippen LogP contribution in [0.15, 0.2) is 18.2 Å². The lowest BCUT2D eigenvalue weighted by atomic mass is 10.1. The van der Waals surface area contributed by atoms with Crippen LogP contribution in [0.3, 0.4) is 0 Å². The Morgan fingerprint density at radius 1 is 1.47 bits per heavy atom. The van der Waals surface area contributed by atoms with Crippen LogP contribution in [0.5, 0.6) is 0 Å². The first-order valence-corrected chi connectivity index (χ1v) is 6.73. The summed E-state index contributed by atoms with van der Waals surface area (Å²) in [4.78, 5) is 10.5. The first kappa shape index (κ1) is 11.5. The maximum Gasteiger partial charge on any atom is 0.274 e. The Labute approximate surface area is 112 Å². The second-order valence-corrected chi connectivity index (χ2v) is 8.25. The van der Waals surface area contributed by atoms with Crippen molar-refractivity contribution in [3.05, 3.63) is 39.4 Å². The minimum Gasteiger partial charge on any atom is -0.258 e. The molecule has 6 heteroatoms. The van der Waals surface area contributed by atoms with E-state index in [0.29, 0.717) is 0 Å². The number of nitrogens with zero attached hydrogens (tertiary/aromatic N) is 1. The smallest absolute Gasteiger partial charge is 0.258 e. The van der Waals surface area contributed by atoms with Crippen molar-refractivity contribution in [2.75, 3.05) is 0 Å². The fourth-order valence-corrected chi connectivity index (χ4v) is 4.97. The number of alkyl halides is 3. The van der Waals surface area contributed by atoms with Gasteiger partial charge < -0.3 is 0 Å². The predicted octanol–water partition coefficient (Wildman–Crippen LogP) is 4.38. The molecule has 0 radical (unpaired) electrons. The van der Waals surface area contributed by atoms with Crippen molar-refractivity contribution in [1.29, 1.82) is 0 Å². The zero-order valence-corrected chi connectivity index (χ0v) is 12.2. The van der Waals surface area contributed by atoms with Crippen LogP contribution in [0.25, 0.3) is 0 Å². The van der Waals surface area contributed by atoms with E-state index in [2.05, 4.69) is 47.8 Å². The van der Waals surface area contributed by atoms with Crippen LogP contribution in [0, 0.1) is 10.1 Å². The minimum atomic E-state index is -0.352. The Hall–Kier alpha value is 0.0600. The normalized spacial score (nSPS) is 22.5. The molecule has 0 saturated carbocycles. The highest BCUT2D eigenvalue weighted by atomic mass is 79.9. The van der Waals surface area contributed by atoms with E-state index in [4.69, 9.17) is 0 Å². The maximum absolute atomic E-state index is 10.9. The lowest BCUT2D eigenvalue weighted by Gasteiger charge is -2.13. The van der Waals surface area contributed by atoms with E-state index in [9.17, 15) is 10.1 Å². The second-order valence-electron chi connectivity index (χ2n) is 3.37. The van der Waals surface area contributed by atoms with Gasteiger partial charge in [-0.05, 0) is 12.0 Å². The van der Waals surface area contributed by atoms with Crippen LogP contribution in [0.4, 0.5) is 5.69 Å². The zero-order valence-electron chi connectivity index (χ0n) is 7.41. The average Bonchev–Trinajstić information content (AvgIpc) is 2.37. The molecule has 0 aliphatic heterocycles. The number of nitro benzene ring substituents is 1. The van der Waals surface area contributed by atoms with E-state index in [0.717, 1.165) is 17.5 Å². The van der Waals surface area contributed by atoms with E-state index in [-0.39, 0.29) is 18.7 Å². The van der Waals surface area contributed by atoms with E-state index in [1.165, 1.54) is 6.07 Å². The summed E-state index contributed by atoms with van der Waals surface area (Å²) < 4.78 is -0.352. The molecule has 0 heterocycles. The Morgan fingerprint density at radius 2 is 2.13 bits per heavy atom. The SMILES string of the molecule is O=[N+]([O-])c1cccc2c1C(Br)CC2(Br)Br. The summed E-state index contributed by atoms with van der Waals surface area (Å²) in [5.74, 6) is 0. The van der Waals surface area contributed by atoms with Crippen molar-refractivity contribution in [3.8, 4) is 0 Å². The molecule has 2 rings (SSSR count). The molecule has 0 amide bonds. The van der Waals surface area contributed by atoms with Crippen molar-refractivity contribution in [3.63, 3.8) is 0 Å². The molecule has 0 aromatic heterocycles. The number of hydrogen-bond acceptors (Lipinski definition) is 2. The summed E-state index contributed by atoms with van der Waals surface area (Å²) in [6.45, 7) is 0. The zero-order chi connectivity index (χ0) is 11.2. The van der Waals surface area contributed by atoms with Crippen LogP contribution in [-0.2, 0) is 3.23 Å². The molecule has 1 atom stereocenters. The van der Waals surface area contributed by atoms with Crippen molar-refractivity contribution < 1.29 is 4.92 Å². The van der Waals surface area contributed by atoms with Crippen LogP contribution in [0.2, 0.25) is 0 Å². The van der Waals surface area contributed by atoms with Gasteiger partial charge >= 0.3 is 0 Å². The van der Waals surface area contributed by atoms with Gasteiger partial charge in [-0.15, -0.1) is 0 Å². The molecular formula is C9H6Br3NO2. The van der Waals surface area contributed by atoms with Crippen LogP contribution in [0.1, 0.15) is 22.4 Å². The lowest BCUT2D eigenvalue weighted by molar-refractivity contribution is -0.385. The number of hydrogen-bond donors (Lipinski definition) is 0. The van der Waals surface area contributed by atoms with Crippen molar-refractivity contribution in [1.82, 2.24) is 0 Å². The number of fused-ring (bicyclic) bond motifs is 1. The molecular weight excluding hydrogens is 394 g/mol. The van der Waals surface area contributed by atoms with E-state index < -0.39 is 0 Å². The number of nitro groups is 1. The second kappa shape index (κ2) is 3.82. The molecule has 80 valence electrons. The van der Waals surface area contributed by atoms with Gasteiger partial charge in [0.05, 0.1) is 4.92 Å². The van der Waals surface area contributed by atoms with Gasteiger partial charge in [-0.2, -0.15) is 0 Å². The van der Waals surface area contributed by atoms with E-state index >= 15 is 0 Å². The van der Waals surface area contributed by atoms with Gasteiger partial charge in [0.15, 0.2) is 0 Å². The van der Waals surface area contributed by atoms with Gasteiger partial charge in [0, 0.05) is 16.5 Å². The molecule has 0 spiro atoms. The van der Waals surface area contributed by atoms with Crippen LogP contribution in [-0.4, -0.2) is 4.92 Å². The minimum absolute atomic E-state index is 0.00727. The molecule has 0 saturated heterocycles. The summed E-state index contributed by atoms with van der Waals surface area (Å²) in [6.07, 6.45) is 0.743. The molecule has 3 nitrogen and oxygen atoms in total. The van der Waals surface area contributed by atoms with E-state index in [1.54, 1.807) is 6.07 Å². The number of rotatable bonds is 1. The fraction of sp³-hybridized carbons (Fsp3) is 0.333. The van der Waals surface area contributed by atoms with Crippen molar-refractivity contribution >= 4 is 53.5 Å². The number of halogens is 3. The monoisotopic (exact) mass is 397 g/mol. The van der Waals surface area contributed by atoms with Crippen molar-refractivity contribution in [2.24, 2.45) is 0 Å². The maximum atomic E-state index is 10.9. The summed E-state index contributed by atoms with van der Waals surface area (Å²) in [6, 6.07) is 5.14. The molecule has 0 fully saturated rings. The van der Waals surface area contributed by atoms with Gasteiger partial charge in [-0.1, -0.05) is 59.9 Å². The third-order valence-corrected chi connectivity index (χ3v) is 4.71. The molecule has 1 aromatic carbocycles. The van der Waals surface area contributed by atoms with Gasteiger partial charge in [-0.25, -0.2) is 0 Å². The Balaban J connectivity index is 2.67. The van der Waals surface area contributed by atoms with Gasteiger partial charge in [0.2, 0.25) is 0 Å². The summed E-state index contributed by atoms with van der Waals surface area (Å²) >= 11 is 10.5. The number of benzene rings is 1. The third-order valence-electron chi connectivity index (χ3n) is 2.42. The Kier molecular flexibility index (Phi) is 2.94. The van der Waals surface area contributed by atoms with Gasteiger partial charge in [0.25, 0.3) is 5.69 Å². The lowest BCUT2D eigenvalue weighted by Crippen LogP contribution is -2.02. The van der Waals surface area contributed by atoms with Crippen LogP contribution < -0.4 is 0 Å². The van der Waals surface area contributed by atoms with E-state index in [1.807, 2.05) is 6.07 Å². The predicted molar refractivity (Wildman–Crippen MR) is 68.9 cm³/mol. The summed E-state index contributed by atoms with van der Waals surface area (Å²) in [5, 5.41) is 10.9. The fourth-order valence-electron chi connectivity index (χ4n) is 1.80. The van der Waals surface area contributed by atoms with Crippen molar-refractivity contribution in [2.45, 2.75) is 14.5 Å². The molecule has 1 aliphatic carbocycles. The summed E-state index contributed by atoms with van der Waals surface area (Å²) in [7, 11) is 0. The topological polar surface area (TPSA) is 43.1 Å². The van der Waals surface area contributed by atoms with Gasteiger partial charge in [-0.3, -0.25) is 10.1 Å². The molecule has 15 heavy (non-hydrogen) atoms. The molecule has 1 unspecified atom stereocenters. The molecule has 0 bridgehead atoms. The standard InChI is InChI=1S/C9H6Br3NO2/c10-6-4-9(11,12)5-2-1-3-7(8(5)6)13(14)15/h1-3,6H,4H2. The molecule has 1 aromatic rings. The summed E-state index contributed by atoms with van der Waals surface area (Å²) in [5.41, 5.74) is 1.87. The average molecular weight is 400 g/mol. The highest BCUT2D eigenvalue weighted by molar-refractivity contribution is 9.24.